The van der Waals surface area contributed by atoms with Crippen LogP contribution >= 0.6 is 0 Å². The third-order valence-electron chi connectivity index (χ3n) is 3.39. The molecule has 0 aromatic carbocycles. The first-order valence-corrected chi connectivity index (χ1v) is 8.14. The fourth-order valence-electron chi connectivity index (χ4n) is 2.52. The molecule has 1 fully saturated rings. The SMILES string of the molecule is CC(=O)OC[C@@]1(N)OC(OC(C)=O)[C@@H](OC(C)=O)[C@@H](OC(C)=O)[C@@H]1OC(C)=O. The standard InChI is InChI=1S/C16H23NO11/c1-7(18)23-6-16(17)14(26-10(4)21)12(24-8(2)19)13(25-9(3)20)15(28-16)27-11(5)22/h12-15H,6,17H2,1-5H3/t12-,13+,14+,15?,16-/m1/s1. The molecule has 2 N–H and O–H groups in total. The molecule has 0 radical (unpaired) electrons. The number of hydrogen-bond donors (Lipinski definition) is 1. The highest BCUT2D eigenvalue weighted by molar-refractivity contribution is 5.69. The molecule has 5 atom stereocenters. The summed E-state index contributed by atoms with van der Waals surface area (Å²) in [7, 11) is 0. The summed E-state index contributed by atoms with van der Waals surface area (Å²) in [5.41, 5.74) is 4.04. The predicted molar refractivity (Wildman–Crippen MR) is 86.9 cm³/mol. The summed E-state index contributed by atoms with van der Waals surface area (Å²) in [6.07, 6.45) is -6.24. The maximum absolute atomic E-state index is 11.6. The van der Waals surface area contributed by atoms with Gasteiger partial charge in [0.1, 0.15) is 6.61 Å². The monoisotopic (exact) mass is 405 g/mol. The number of carbonyl (C=O) groups excluding carboxylic acids is 5. The highest BCUT2D eigenvalue weighted by atomic mass is 16.8. The fraction of sp³-hybridized carbons (Fsp3) is 0.688. The van der Waals surface area contributed by atoms with Crippen molar-refractivity contribution >= 4 is 29.8 Å². The first kappa shape index (κ1) is 23.3. The van der Waals surface area contributed by atoms with Crippen LogP contribution in [0.5, 0.6) is 0 Å². The van der Waals surface area contributed by atoms with E-state index in [1.807, 2.05) is 0 Å². The van der Waals surface area contributed by atoms with Crippen molar-refractivity contribution in [3.8, 4) is 0 Å². The van der Waals surface area contributed by atoms with E-state index in [2.05, 4.69) is 0 Å². The molecule has 12 nitrogen and oxygen atoms in total. The van der Waals surface area contributed by atoms with E-state index in [0.29, 0.717) is 0 Å². The van der Waals surface area contributed by atoms with Gasteiger partial charge in [0.15, 0.2) is 17.9 Å². The molecule has 1 aliphatic rings. The van der Waals surface area contributed by atoms with Crippen molar-refractivity contribution in [1.29, 1.82) is 0 Å². The first-order chi connectivity index (χ1) is 12.9. The third-order valence-corrected chi connectivity index (χ3v) is 3.39. The number of esters is 5. The normalized spacial score (nSPS) is 29.2. The highest BCUT2D eigenvalue weighted by Crippen LogP contribution is 2.33. The smallest absolute Gasteiger partial charge is 0.305 e. The van der Waals surface area contributed by atoms with Gasteiger partial charge >= 0.3 is 29.8 Å². The Morgan fingerprint density at radius 3 is 1.64 bits per heavy atom. The van der Waals surface area contributed by atoms with Crippen molar-refractivity contribution < 1.29 is 52.4 Å². The average molecular weight is 405 g/mol. The average Bonchev–Trinajstić information content (AvgIpc) is 2.51. The topological polar surface area (TPSA) is 167 Å². The van der Waals surface area contributed by atoms with Gasteiger partial charge in [0, 0.05) is 34.6 Å². The maximum atomic E-state index is 11.6. The largest absolute Gasteiger partial charge is 0.461 e. The van der Waals surface area contributed by atoms with Crippen molar-refractivity contribution in [3.63, 3.8) is 0 Å². The quantitative estimate of drug-likeness (QED) is 0.420. The van der Waals surface area contributed by atoms with Crippen molar-refractivity contribution in [2.24, 2.45) is 5.73 Å². The van der Waals surface area contributed by atoms with E-state index in [4.69, 9.17) is 34.2 Å². The van der Waals surface area contributed by atoms with Crippen LogP contribution in [0.25, 0.3) is 0 Å². The lowest BCUT2D eigenvalue weighted by atomic mass is 9.93. The van der Waals surface area contributed by atoms with Gasteiger partial charge in [-0.2, -0.15) is 0 Å². The van der Waals surface area contributed by atoms with Gasteiger partial charge in [0.25, 0.3) is 0 Å². The lowest BCUT2D eigenvalue weighted by Gasteiger charge is -2.48. The summed E-state index contributed by atoms with van der Waals surface area (Å²) >= 11 is 0. The van der Waals surface area contributed by atoms with Crippen LogP contribution in [0.4, 0.5) is 0 Å². The summed E-state index contributed by atoms with van der Waals surface area (Å²) in [5, 5.41) is 0. The molecule has 0 amide bonds. The Morgan fingerprint density at radius 1 is 0.750 bits per heavy atom. The van der Waals surface area contributed by atoms with Gasteiger partial charge in [-0.15, -0.1) is 0 Å². The minimum Gasteiger partial charge on any atom is -0.461 e. The zero-order valence-corrected chi connectivity index (χ0v) is 16.1. The van der Waals surface area contributed by atoms with Crippen molar-refractivity contribution in [2.75, 3.05) is 6.61 Å². The van der Waals surface area contributed by atoms with Gasteiger partial charge in [-0.3, -0.25) is 29.7 Å². The summed E-state index contributed by atoms with van der Waals surface area (Å²) < 4.78 is 30.7. The Morgan fingerprint density at radius 2 is 1.21 bits per heavy atom. The lowest BCUT2D eigenvalue weighted by Crippen LogP contribution is -2.73. The third kappa shape index (κ3) is 6.46. The molecular weight excluding hydrogens is 382 g/mol. The second-order valence-corrected chi connectivity index (χ2v) is 6.01. The van der Waals surface area contributed by atoms with E-state index in [1.165, 1.54) is 0 Å². The van der Waals surface area contributed by atoms with Gasteiger partial charge in [-0.1, -0.05) is 0 Å². The first-order valence-electron chi connectivity index (χ1n) is 8.14. The van der Waals surface area contributed by atoms with Gasteiger partial charge in [-0.05, 0) is 0 Å². The van der Waals surface area contributed by atoms with Crippen LogP contribution in [0.1, 0.15) is 34.6 Å². The molecule has 158 valence electrons. The maximum Gasteiger partial charge on any atom is 0.305 e. The Balaban J connectivity index is 3.44. The molecule has 1 heterocycles. The number of rotatable bonds is 6. The number of ether oxygens (including phenoxy) is 6. The second-order valence-electron chi connectivity index (χ2n) is 6.01. The second kappa shape index (κ2) is 9.46. The van der Waals surface area contributed by atoms with Crippen molar-refractivity contribution in [2.45, 2.75) is 64.9 Å². The van der Waals surface area contributed by atoms with Crippen LogP contribution in [-0.4, -0.2) is 66.8 Å². The molecule has 0 bridgehead atoms. The summed E-state index contributed by atoms with van der Waals surface area (Å²) in [6, 6.07) is 0. The van der Waals surface area contributed by atoms with E-state index in [0.717, 1.165) is 34.6 Å². The van der Waals surface area contributed by atoms with Crippen LogP contribution < -0.4 is 5.73 Å². The minimum absolute atomic E-state index is 0.650. The molecule has 0 aromatic heterocycles. The zero-order valence-electron chi connectivity index (χ0n) is 16.1. The molecule has 1 aliphatic heterocycles. The number of nitrogens with two attached hydrogens (primary N) is 1. The van der Waals surface area contributed by atoms with E-state index >= 15 is 0 Å². The number of carbonyl (C=O) groups is 5. The molecule has 28 heavy (non-hydrogen) atoms. The highest BCUT2D eigenvalue weighted by Gasteiger charge is 2.60. The molecule has 0 saturated carbocycles. The van der Waals surface area contributed by atoms with Gasteiger partial charge in [0.2, 0.25) is 12.4 Å². The van der Waals surface area contributed by atoms with Gasteiger partial charge < -0.3 is 28.4 Å². The Labute approximate surface area is 160 Å². The van der Waals surface area contributed by atoms with Crippen LogP contribution in [0, 0.1) is 0 Å². The molecule has 1 saturated heterocycles. The number of hydrogen-bond acceptors (Lipinski definition) is 12. The van der Waals surface area contributed by atoms with Gasteiger partial charge in [-0.25, -0.2) is 0 Å². The summed E-state index contributed by atoms with van der Waals surface area (Å²) in [5.74, 6) is -4.06. The molecule has 12 heteroatoms. The van der Waals surface area contributed by atoms with Gasteiger partial charge in [0.05, 0.1) is 0 Å². The van der Waals surface area contributed by atoms with E-state index in [1.54, 1.807) is 0 Å². The molecule has 1 rings (SSSR count). The summed E-state index contributed by atoms with van der Waals surface area (Å²) in [6.45, 7) is 4.66. The molecule has 0 aromatic rings. The van der Waals surface area contributed by atoms with E-state index in [9.17, 15) is 24.0 Å². The van der Waals surface area contributed by atoms with Crippen LogP contribution in [0.2, 0.25) is 0 Å². The van der Waals surface area contributed by atoms with Crippen molar-refractivity contribution in [3.05, 3.63) is 0 Å². The molecule has 1 unspecified atom stereocenters. The molecule has 0 aliphatic carbocycles. The Hall–Kier alpha value is -2.73. The fourth-order valence-corrected chi connectivity index (χ4v) is 2.52. The van der Waals surface area contributed by atoms with E-state index < -0.39 is 66.8 Å². The van der Waals surface area contributed by atoms with E-state index in [-0.39, 0.29) is 0 Å². The Kier molecular flexibility index (Phi) is 7.88. The molecular formula is C16H23NO11. The van der Waals surface area contributed by atoms with Crippen LogP contribution in [0.3, 0.4) is 0 Å². The Bertz CT molecular complexity index is 649. The lowest BCUT2D eigenvalue weighted by molar-refractivity contribution is -0.332. The summed E-state index contributed by atoms with van der Waals surface area (Å²) in [4.78, 5) is 57.3. The van der Waals surface area contributed by atoms with Crippen LogP contribution in [-0.2, 0) is 52.4 Å². The molecule has 0 spiro atoms. The minimum atomic E-state index is -2.09. The van der Waals surface area contributed by atoms with Crippen LogP contribution in [0.15, 0.2) is 0 Å². The predicted octanol–water partition coefficient (Wildman–Crippen LogP) is -1.08. The zero-order chi connectivity index (χ0) is 21.6. The van der Waals surface area contributed by atoms with Crippen molar-refractivity contribution in [1.82, 2.24) is 0 Å².